The van der Waals surface area contributed by atoms with Crippen LogP contribution < -0.4 is 5.32 Å². The number of hydrogen-bond donors (Lipinski definition) is 2. The summed E-state index contributed by atoms with van der Waals surface area (Å²) in [6, 6.07) is 9.62. The molecule has 2 N–H and O–H groups in total. The number of carbonyl (C=O) groups is 2. The lowest BCUT2D eigenvalue weighted by Gasteiger charge is -2.23. The molecule has 1 fully saturated rings. The molecule has 0 aliphatic carbocycles. The molecule has 1 aliphatic heterocycles. The van der Waals surface area contributed by atoms with E-state index in [0.29, 0.717) is 13.1 Å². The molecule has 0 spiro atoms. The molecule has 1 aromatic carbocycles. The number of carboxylic acids is 1. The molecule has 0 bridgehead atoms. The Balaban J connectivity index is 1.81. The molecule has 6 heteroatoms. The van der Waals surface area contributed by atoms with E-state index in [2.05, 4.69) is 22.2 Å². The van der Waals surface area contributed by atoms with Gasteiger partial charge in [0.2, 0.25) is 5.91 Å². The van der Waals surface area contributed by atoms with Gasteiger partial charge in [0.15, 0.2) is 0 Å². The number of nitrogens with one attached hydrogen (secondary N) is 1. The highest BCUT2D eigenvalue weighted by molar-refractivity contribution is 5.82. The molecule has 1 aliphatic rings. The fourth-order valence-electron chi connectivity index (χ4n) is 2.92. The van der Waals surface area contributed by atoms with Crippen molar-refractivity contribution < 1.29 is 14.7 Å². The third-order valence-corrected chi connectivity index (χ3v) is 4.40. The Bertz CT molecular complexity index is 536. The summed E-state index contributed by atoms with van der Waals surface area (Å²) in [5.74, 6) is -1.77. The maximum atomic E-state index is 12.1. The van der Waals surface area contributed by atoms with Crippen LogP contribution in [-0.4, -0.2) is 66.6 Å². The van der Waals surface area contributed by atoms with Gasteiger partial charge in [0, 0.05) is 32.6 Å². The Labute approximate surface area is 143 Å². The molecule has 1 saturated heterocycles. The largest absolute Gasteiger partial charge is 0.481 e. The Morgan fingerprint density at radius 2 is 1.92 bits per heavy atom. The van der Waals surface area contributed by atoms with E-state index >= 15 is 0 Å². The molecule has 6 nitrogen and oxygen atoms in total. The van der Waals surface area contributed by atoms with Gasteiger partial charge < -0.3 is 20.2 Å². The zero-order valence-corrected chi connectivity index (χ0v) is 14.3. The lowest BCUT2D eigenvalue weighted by Crippen LogP contribution is -2.38. The summed E-state index contributed by atoms with van der Waals surface area (Å²) in [6.45, 7) is 4.58. The van der Waals surface area contributed by atoms with Crippen LogP contribution in [0.1, 0.15) is 18.4 Å². The molecule has 1 amide bonds. The van der Waals surface area contributed by atoms with E-state index in [4.69, 9.17) is 0 Å². The summed E-state index contributed by atoms with van der Waals surface area (Å²) >= 11 is 0. The highest BCUT2D eigenvalue weighted by Gasteiger charge is 2.25. The van der Waals surface area contributed by atoms with E-state index in [1.807, 2.05) is 30.3 Å². The van der Waals surface area contributed by atoms with Gasteiger partial charge >= 0.3 is 5.97 Å². The number of rotatable bonds is 7. The van der Waals surface area contributed by atoms with Gasteiger partial charge in [0.1, 0.15) is 0 Å². The predicted molar refractivity (Wildman–Crippen MR) is 92.6 cm³/mol. The van der Waals surface area contributed by atoms with Crippen LogP contribution in [0.4, 0.5) is 0 Å². The summed E-state index contributed by atoms with van der Waals surface area (Å²) < 4.78 is 0. The number of carbonyl (C=O) groups excluding carboxylic acids is 1. The highest BCUT2D eigenvalue weighted by atomic mass is 16.4. The topological polar surface area (TPSA) is 72.9 Å². The second-order valence-electron chi connectivity index (χ2n) is 6.46. The predicted octanol–water partition coefficient (Wildman–Crippen LogP) is 1.03. The van der Waals surface area contributed by atoms with Gasteiger partial charge in [0.25, 0.3) is 0 Å². The van der Waals surface area contributed by atoms with E-state index in [9.17, 15) is 14.7 Å². The van der Waals surface area contributed by atoms with Crippen molar-refractivity contribution in [2.45, 2.75) is 19.4 Å². The molecule has 0 aromatic heterocycles. The molecule has 1 heterocycles. The van der Waals surface area contributed by atoms with Crippen LogP contribution in [0, 0.1) is 5.92 Å². The summed E-state index contributed by atoms with van der Waals surface area (Å²) in [5, 5.41) is 12.3. The molecule has 1 unspecified atom stereocenters. The first-order valence-electron chi connectivity index (χ1n) is 8.49. The molecule has 1 aromatic rings. The number of carboxylic acid groups (broad SMARTS) is 1. The Morgan fingerprint density at radius 1 is 1.17 bits per heavy atom. The average Bonchev–Trinajstić information content (AvgIpc) is 2.77. The van der Waals surface area contributed by atoms with Crippen LogP contribution in [-0.2, 0) is 16.1 Å². The van der Waals surface area contributed by atoms with E-state index in [1.54, 1.807) is 0 Å². The number of benzene rings is 1. The molecule has 24 heavy (non-hydrogen) atoms. The third kappa shape index (κ3) is 6.29. The highest BCUT2D eigenvalue weighted by Crippen LogP contribution is 2.10. The molecule has 2 rings (SSSR count). The standard InChI is InChI=1S/C18H27N3O3/c1-20-8-5-9-21(11-10-20)14-16(18(23)24)12-17(22)19-13-15-6-3-2-4-7-15/h2-4,6-7,16H,5,8-14H2,1H3,(H,19,22)(H,23,24). The van der Waals surface area contributed by atoms with Crippen LogP contribution >= 0.6 is 0 Å². The lowest BCUT2D eigenvalue weighted by molar-refractivity contribution is -0.144. The van der Waals surface area contributed by atoms with Crippen LogP contribution in [0.3, 0.4) is 0 Å². The second kappa shape index (κ2) is 9.39. The first-order valence-corrected chi connectivity index (χ1v) is 8.49. The number of nitrogens with zero attached hydrogens (tertiary/aromatic N) is 2. The van der Waals surface area contributed by atoms with Gasteiger partial charge in [-0.05, 0) is 32.1 Å². The van der Waals surface area contributed by atoms with Crippen molar-refractivity contribution >= 4 is 11.9 Å². The minimum absolute atomic E-state index is 0.0223. The number of aliphatic carboxylic acids is 1. The first kappa shape index (κ1) is 18.4. The zero-order chi connectivity index (χ0) is 17.4. The smallest absolute Gasteiger partial charge is 0.308 e. The van der Waals surface area contributed by atoms with Crippen molar-refractivity contribution in [3.05, 3.63) is 35.9 Å². The summed E-state index contributed by atoms with van der Waals surface area (Å²) in [4.78, 5) is 28.0. The van der Waals surface area contributed by atoms with E-state index < -0.39 is 11.9 Å². The van der Waals surface area contributed by atoms with Crippen LogP contribution in [0.2, 0.25) is 0 Å². The molecule has 1 atom stereocenters. The second-order valence-corrected chi connectivity index (χ2v) is 6.46. The van der Waals surface area contributed by atoms with Crippen molar-refractivity contribution in [1.82, 2.24) is 15.1 Å². The van der Waals surface area contributed by atoms with Crippen LogP contribution in [0.15, 0.2) is 30.3 Å². The van der Waals surface area contributed by atoms with Crippen molar-refractivity contribution in [1.29, 1.82) is 0 Å². The fraction of sp³-hybridized carbons (Fsp3) is 0.556. The van der Waals surface area contributed by atoms with Gasteiger partial charge in [-0.15, -0.1) is 0 Å². The Kier molecular flexibility index (Phi) is 7.21. The minimum Gasteiger partial charge on any atom is -0.481 e. The summed E-state index contributed by atoms with van der Waals surface area (Å²) in [6.07, 6.45) is 1.05. The van der Waals surface area contributed by atoms with Crippen molar-refractivity contribution in [2.24, 2.45) is 5.92 Å². The quantitative estimate of drug-likeness (QED) is 0.780. The van der Waals surface area contributed by atoms with E-state index in [-0.39, 0.29) is 12.3 Å². The molecule has 132 valence electrons. The van der Waals surface area contributed by atoms with Crippen LogP contribution in [0.5, 0.6) is 0 Å². The van der Waals surface area contributed by atoms with Crippen molar-refractivity contribution in [3.8, 4) is 0 Å². The fourth-order valence-corrected chi connectivity index (χ4v) is 2.92. The Morgan fingerprint density at radius 3 is 2.62 bits per heavy atom. The maximum Gasteiger partial charge on any atom is 0.308 e. The van der Waals surface area contributed by atoms with Gasteiger partial charge in [-0.2, -0.15) is 0 Å². The number of amides is 1. The molecular weight excluding hydrogens is 306 g/mol. The summed E-state index contributed by atoms with van der Waals surface area (Å²) in [5.41, 5.74) is 1.01. The molecular formula is C18H27N3O3. The third-order valence-electron chi connectivity index (χ3n) is 4.40. The van der Waals surface area contributed by atoms with Crippen molar-refractivity contribution in [2.75, 3.05) is 39.8 Å². The monoisotopic (exact) mass is 333 g/mol. The normalized spacial score (nSPS) is 17.9. The molecule has 0 saturated carbocycles. The molecule has 0 radical (unpaired) electrons. The lowest BCUT2D eigenvalue weighted by atomic mass is 10.0. The van der Waals surface area contributed by atoms with Gasteiger partial charge in [-0.3, -0.25) is 9.59 Å². The van der Waals surface area contributed by atoms with Crippen LogP contribution in [0.25, 0.3) is 0 Å². The van der Waals surface area contributed by atoms with Gasteiger partial charge in [0.05, 0.1) is 5.92 Å². The van der Waals surface area contributed by atoms with Gasteiger partial charge in [-0.25, -0.2) is 0 Å². The first-order chi connectivity index (χ1) is 11.5. The maximum absolute atomic E-state index is 12.1. The van der Waals surface area contributed by atoms with E-state index in [0.717, 1.165) is 38.2 Å². The van der Waals surface area contributed by atoms with E-state index in [1.165, 1.54) is 0 Å². The number of likely N-dealkylation sites (N-methyl/N-ethyl adjacent to an activating group) is 1. The summed E-state index contributed by atoms with van der Waals surface area (Å²) in [7, 11) is 2.08. The SMILES string of the molecule is CN1CCCN(CC(CC(=O)NCc2ccccc2)C(=O)O)CC1. The van der Waals surface area contributed by atoms with Crippen molar-refractivity contribution in [3.63, 3.8) is 0 Å². The Hall–Kier alpha value is -1.92. The average molecular weight is 333 g/mol. The minimum atomic E-state index is -0.900. The van der Waals surface area contributed by atoms with Gasteiger partial charge in [-0.1, -0.05) is 30.3 Å². The zero-order valence-electron chi connectivity index (χ0n) is 14.3. The number of hydrogen-bond acceptors (Lipinski definition) is 4.